The minimum atomic E-state index is 0.903. The Morgan fingerprint density at radius 3 is 2.80 bits per heavy atom. The number of hydrogen-bond acceptors (Lipinski definition) is 2. The van der Waals surface area contributed by atoms with Gasteiger partial charge in [0, 0.05) is 19.3 Å². The van der Waals surface area contributed by atoms with E-state index in [1.807, 2.05) is 27.0 Å². The molecule has 0 unspecified atom stereocenters. The SMILES string of the molecule is C/C=N\c1cc(C)nn1C. The van der Waals surface area contributed by atoms with Gasteiger partial charge in [-0.15, -0.1) is 0 Å². The second-order valence-corrected chi connectivity index (χ2v) is 2.15. The number of hydrogen-bond donors (Lipinski definition) is 0. The summed E-state index contributed by atoms with van der Waals surface area (Å²) in [6, 6.07) is 1.94. The molecule has 3 nitrogen and oxygen atoms in total. The highest BCUT2D eigenvalue weighted by atomic mass is 15.3. The molecule has 0 atom stereocenters. The Bertz CT molecular complexity index is 247. The maximum Gasteiger partial charge on any atom is 0.149 e. The van der Waals surface area contributed by atoms with E-state index in [4.69, 9.17) is 0 Å². The lowest BCUT2D eigenvalue weighted by molar-refractivity contribution is 0.759. The first-order chi connectivity index (χ1) is 4.74. The fraction of sp³-hybridized carbons (Fsp3) is 0.429. The number of rotatable bonds is 1. The molecule has 0 amide bonds. The standard InChI is InChI=1S/C7H11N3/c1-4-8-7-5-6(2)9-10(7)3/h4-5H,1-3H3/b8-4-. The largest absolute Gasteiger partial charge is 0.251 e. The van der Waals surface area contributed by atoms with E-state index in [0.29, 0.717) is 0 Å². The van der Waals surface area contributed by atoms with Crippen LogP contribution in [0.4, 0.5) is 5.82 Å². The molecule has 0 spiro atoms. The van der Waals surface area contributed by atoms with Crippen LogP contribution in [-0.2, 0) is 7.05 Å². The normalized spacial score (nSPS) is 11.1. The molecule has 54 valence electrons. The summed E-state index contributed by atoms with van der Waals surface area (Å²) in [5.41, 5.74) is 1.00. The van der Waals surface area contributed by atoms with Crippen LogP contribution >= 0.6 is 0 Å². The molecule has 1 aromatic rings. The van der Waals surface area contributed by atoms with Gasteiger partial charge in [-0.2, -0.15) is 5.10 Å². The first kappa shape index (κ1) is 6.99. The van der Waals surface area contributed by atoms with E-state index in [0.717, 1.165) is 11.5 Å². The zero-order valence-electron chi connectivity index (χ0n) is 6.50. The van der Waals surface area contributed by atoms with E-state index in [-0.39, 0.29) is 0 Å². The lowest BCUT2D eigenvalue weighted by atomic mass is 10.5. The van der Waals surface area contributed by atoms with Crippen LogP contribution in [0.15, 0.2) is 11.1 Å². The average Bonchev–Trinajstić information content (AvgIpc) is 2.13. The Morgan fingerprint density at radius 2 is 2.40 bits per heavy atom. The highest BCUT2D eigenvalue weighted by Crippen LogP contribution is 2.10. The Balaban J connectivity index is 3.03. The quantitative estimate of drug-likeness (QED) is 0.539. The summed E-state index contributed by atoms with van der Waals surface area (Å²) in [6.07, 6.45) is 1.76. The van der Waals surface area contributed by atoms with Crippen LogP contribution in [0.5, 0.6) is 0 Å². The van der Waals surface area contributed by atoms with Crippen molar-refractivity contribution in [3.63, 3.8) is 0 Å². The van der Waals surface area contributed by atoms with E-state index < -0.39 is 0 Å². The zero-order valence-corrected chi connectivity index (χ0v) is 6.50. The summed E-state index contributed by atoms with van der Waals surface area (Å²) in [7, 11) is 1.88. The van der Waals surface area contributed by atoms with Crippen molar-refractivity contribution in [2.24, 2.45) is 12.0 Å². The van der Waals surface area contributed by atoms with Crippen LogP contribution in [0.25, 0.3) is 0 Å². The molecule has 0 N–H and O–H groups in total. The predicted octanol–water partition coefficient (Wildman–Crippen LogP) is 1.45. The van der Waals surface area contributed by atoms with E-state index in [1.165, 1.54) is 0 Å². The van der Waals surface area contributed by atoms with Gasteiger partial charge in [-0.1, -0.05) is 0 Å². The molecule has 1 heterocycles. The van der Waals surface area contributed by atoms with Gasteiger partial charge >= 0.3 is 0 Å². The van der Waals surface area contributed by atoms with E-state index in [2.05, 4.69) is 10.1 Å². The Labute approximate surface area is 60.4 Å². The van der Waals surface area contributed by atoms with Gasteiger partial charge < -0.3 is 0 Å². The molecule has 0 radical (unpaired) electrons. The van der Waals surface area contributed by atoms with Crippen molar-refractivity contribution in [2.45, 2.75) is 13.8 Å². The Hall–Kier alpha value is -1.12. The first-order valence-electron chi connectivity index (χ1n) is 3.23. The topological polar surface area (TPSA) is 30.2 Å². The number of nitrogens with zero attached hydrogens (tertiary/aromatic N) is 3. The molecular weight excluding hydrogens is 126 g/mol. The summed E-state index contributed by atoms with van der Waals surface area (Å²) in [4.78, 5) is 4.10. The van der Waals surface area contributed by atoms with E-state index >= 15 is 0 Å². The third-order valence-electron chi connectivity index (χ3n) is 1.24. The highest BCUT2D eigenvalue weighted by Gasteiger charge is 1.96. The van der Waals surface area contributed by atoms with E-state index in [9.17, 15) is 0 Å². The van der Waals surface area contributed by atoms with Gasteiger partial charge in [0.1, 0.15) is 5.82 Å². The van der Waals surface area contributed by atoms with Crippen LogP contribution in [0, 0.1) is 6.92 Å². The molecule has 0 saturated heterocycles. The highest BCUT2D eigenvalue weighted by molar-refractivity contribution is 5.58. The van der Waals surface area contributed by atoms with Crippen LogP contribution in [-0.4, -0.2) is 16.0 Å². The first-order valence-corrected chi connectivity index (χ1v) is 3.23. The molecule has 0 aliphatic carbocycles. The fourth-order valence-electron chi connectivity index (χ4n) is 0.850. The molecule has 0 aliphatic heterocycles. The van der Waals surface area contributed by atoms with Crippen LogP contribution in [0.3, 0.4) is 0 Å². The second-order valence-electron chi connectivity index (χ2n) is 2.15. The van der Waals surface area contributed by atoms with Gasteiger partial charge in [0.2, 0.25) is 0 Å². The number of aliphatic imine (C=N–C) groups is 1. The molecule has 0 fully saturated rings. The van der Waals surface area contributed by atoms with Crippen molar-refractivity contribution in [1.82, 2.24) is 9.78 Å². The smallest absolute Gasteiger partial charge is 0.149 e. The fourth-order valence-corrected chi connectivity index (χ4v) is 0.850. The lowest BCUT2D eigenvalue weighted by Crippen LogP contribution is -1.88. The zero-order chi connectivity index (χ0) is 7.56. The summed E-state index contributed by atoms with van der Waals surface area (Å²) in [5, 5.41) is 4.13. The molecule has 10 heavy (non-hydrogen) atoms. The van der Waals surface area contributed by atoms with Crippen molar-refractivity contribution < 1.29 is 0 Å². The molecule has 0 bridgehead atoms. The van der Waals surface area contributed by atoms with Gasteiger partial charge in [-0.3, -0.25) is 4.68 Å². The molecule has 1 rings (SSSR count). The van der Waals surface area contributed by atoms with Crippen LogP contribution in [0.2, 0.25) is 0 Å². The molecule has 1 aromatic heterocycles. The van der Waals surface area contributed by atoms with E-state index in [1.54, 1.807) is 10.9 Å². The summed E-state index contributed by atoms with van der Waals surface area (Å²) >= 11 is 0. The second kappa shape index (κ2) is 2.64. The number of aryl methyl sites for hydroxylation is 2. The third kappa shape index (κ3) is 1.23. The van der Waals surface area contributed by atoms with Gasteiger partial charge in [0.25, 0.3) is 0 Å². The van der Waals surface area contributed by atoms with Gasteiger partial charge in [-0.25, -0.2) is 4.99 Å². The van der Waals surface area contributed by atoms with Crippen molar-refractivity contribution in [3.05, 3.63) is 11.8 Å². The lowest BCUT2D eigenvalue weighted by Gasteiger charge is -1.89. The minimum Gasteiger partial charge on any atom is -0.251 e. The van der Waals surface area contributed by atoms with Crippen LogP contribution < -0.4 is 0 Å². The van der Waals surface area contributed by atoms with Gasteiger partial charge in [0.05, 0.1) is 5.69 Å². The minimum absolute atomic E-state index is 0.903. The van der Waals surface area contributed by atoms with Crippen molar-refractivity contribution in [1.29, 1.82) is 0 Å². The Kier molecular flexibility index (Phi) is 1.85. The maximum atomic E-state index is 4.13. The van der Waals surface area contributed by atoms with Crippen LogP contribution in [0.1, 0.15) is 12.6 Å². The van der Waals surface area contributed by atoms with Gasteiger partial charge in [-0.05, 0) is 13.8 Å². The van der Waals surface area contributed by atoms with Crippen molar-refractivity contribution >= 4 is 12.0 Å². The predicted molar refractivity (Wildman–Crippen MR) is 41.8 cm³/mol. The van der Waals surface area contributed by atoms with Crippen molar-refractivity contribution in [2.75, 3.05) is 0 Å². The molecule has 0 aromatic carbocycles. The van der Waals surface area contributed by atoms with Crippen molar-refractivity contribution in [3.8, 4) is 0 Å². The van der Waals surface area contributed by atoms with Gasteiger partial charge in [0.15, 0.2) is 0 Å². The third-order valence-corrected chi connectivity index (χ3v) is 1.24. The Morgan fingerprint density at radius 1 is 1.70 bits per heavy atom. The summed E-state index contributed by atoms with van der Waals surface area (Å²) in [5.74, 6) is 0.903. The maximum absolute atomic E-state index is 4.13. The number of aromatic nitrogens is 2. The summed E-state index contributed by atoms with van der Waals surface area (Å²) in [6.45, 7) is 3.84. The molecule has 0 aliphatic rings. The summed E-state index contributed by atoms with van der Waals surface area (Å²) < 4.78 is 1.76. The molecule has 0 saturated carbocycles. The molecular formula is C7H11N3. The molecule has 3 heteroatoms. The average molecular weight is 137 g/mol. The monoisotopic (exact) mass is 137 g/mol.